The highest BCUT2D eigenvalue weighted by Crippen LogP contribution is 2.36. The molecule has 0 unspecified atom stereocenters. The van der Waals surface area contributed by atoms with Crippen LogP contribution in [0.4, 0.5) is 24.5 Å². The van der Waals surface area contributed by atoms with Crippen molar-refractivity contribution in [3.05, 3.63) is 57.0 Å². The van der Waals surface area contributed by atoms with Crippen molar-refractivity contribution in [2.24, 2.45) is 0 Å². The molecule has 2 aromatic rings. The molecule has 0 spiro atoms. The Bertz CT molecular complexity index is 723. The molecule has 0 saturated heterocycles. The highest BCUT2D eigenvalue weighted by Gasteiger charge is 2.31. The molecular formula is C14H7BrClF3N2. The largest absolute Gasteiger partial charge is 0.416 e. The smallest absolute Gasteiger partial charge is 0.353 e. The second-order valence-corrected chi connectivity index (χ2v) is 5.35. The van der Waals surface area contributed by atoms with Gasteiger partial charge in [-0.1, -0.05) is 17.7 Å². The van der Waals surface area contributed by atoms with E-state index in [1.54, 1.807) is 12.1 Å². The third kappa shape index (κ3) is 3.49. The Balaban J connectivity index is 2.46. The molecular weight excluding hydrogens is 369 g/mol. The molecule has 0 atom stereocenters. The minimum absolute atomic E-state index is 0.170. The van der Waals surface area contributed by atoms with E-state index >= 15 is 0 Å². The molecule has 108 valence electrons. The molecule has 0 aromatic heterocycles. The van der Waals surface area contributed by atoms with Crippen LogP contribution in [0.15, 0.2) is 40.9 Å². The van der Waals surface area contributed by atoms with Gasteiger partial charge in [-0.25, -0.2) is 0 Å². The molecule has 0 saturated carbocycles. The predicted molar refractivity (Wildman–Crippen MR) is 78.6 cm³/mol. The van der Waals surface area contributed by atoms with E-state index in [1.807, 2.05) is 6.07 Å². The molecule has 0 aliphatic carbocycles. The number of nitrogens with one attached hydrogen (secondary N) is 1. The van der Waals surface area contributed by atoms with Gasteiger partial charge >= 0.3 is 6.18 Å². The van der Waals surface area contributed by atoms with Crippen LogP contribution in [0.2, 0.25) is 5.02 Å². The molecule has 0 aliphatic heterocycles. The van der Waals surface area contributed by atoms with Gasteiger partial charge in [0.25, 0.3) is 0 Å². The highest BCUT2D eigenvalue weighted by atomic mass is 79.9. The summed E-state index contributed by atoms with van der Waals surface area (Å²) in [5, 5.41) is 12.1. The number of benzene rings is 2. The summed E-state index contributed by atoms with van der Waals surface area (Å²) in [7, 11) is 0. The van der Waals surface area contributed by atoms with E-state index in [1.165, 1.54) is 12.1 Å². The molecule has 0 heterocycles. The number of alkyl halides is 3. The number of nitriles is 1. The van der Waals surface area contributed by atoms with Crippen LogP contribution < -0.4 is 5.32 Å². The number of hydrogen-bond donors (Lipinski definition) is 1. The minimum atomic E-state index is -4.44. The molecule has 7 heteroatoms. The average molecular weight is 376 g/mol. The summed E-state index contributed by atoms with van der Waals surface area (Å²) in [6, 6.07) is 9.85. The second kappa shape index (κ2) is 5.96. The second-order valence-electron chi connectivity index (χ2n) is 4.09. The molecule has 2 nitrogen and oxygen atoms in total. The topological polar surface area (TPSA) is 35.8 Å². The summed E-state index contributed by atoms with van der Waals surface area (Å²) < 4.78 is 38.6. The number of nitrogens with zero attached hydrogens (tertiary/aromatic N) is 1. The van der Waals surface area contributed by atoms with Gasteiger partial charge in [0, 0.05) is 4.47 Å². The van der Waals surface area contributed by atoms with Crippen LogP contribution in [0, 0.1) is 11.3 Å². The first-order chi connectivity index (χ1) is 9.82. The van der Waals surface area contributed by atoms with E-state index in [9.17, 15) is 13.2 Å². The van der Waals surface area contributed by atoms with Crippen LogP contribution >= 0.6 is 27.5 Å². The van der Waals surface area contributed by atoms with Gasteiger partial charge in [-0.2, -0.15) is 18.4 Å². The highest BCUT2D eigenvalue weighted by molar-refractivity contribution is 9.10. The Kier molecular flexibility index (Phi) is 4.45. The lowest BCUT2D eigenvalue weighted by Gasteiger charge is -2.13. The fourth-order valence-electron chi connectivity index (χ4n) is 1.68. The Morgan fingerprint density at radius 1 is 1.14 bits per heavy atom. The number of rotatable bonds is 2. The van der Waals surface area contributed by atoms with Crippen LogP contribution in [0.25, 0.3) is 0 Å². The zero-order chi connectivity index (χ0) is 15.6. The number of halogens is 5. The standard InChI is InChI=1S/C14H7BrClF3N2/c15-10-5-4-8(14(17,18)19)6-13(10)21-12-3-1-2-11(16)9(12)7-20/h1-6,21H. The Hall–Kier alpha value is -1.71. The van der Waals surface area contributed by atoms with Crippen LogP contribution in [0.3, 0.4) is 0 Å². The Labute approximate surface area is 132 Å². The van der Waals surface area contributed by atoms with Gasteiger partial charge < -0.3 is 5.32 Å². The molecule has 0 amide bonds. The van der Waals surface area contributed by atoms with Crippen LogP contribution in [-0.4, -0.2) is 0 Å². The average Bonchev–Trinajstić information content (AvgIpc) is 2.40. The van der Waals surface area contributed by atoms with Crippen molar-refractivity contribution in [1.29, 1.82) is 5.26 Å². The molecule has 0 fully saturated rings. The summed E-state index contributed by atoms with van der Waals surface area (Å²) in [6.07, 6.45) is -4.44. The van der Waals surface area contributed by atoms with Crippen LogP contribution in [0.5, 0.6) is 0 Å². The molecule has 1 N–H and O–H groups in total. The Morgan fingerprint density at radius 2 is 1.86 bits per heavy atom. The normalized spacial score (nSPS) is 11.0. The van der Waals surface area contributed by atoms with Crippen molar-refractivity contribution >= 4 is 38.9 Å². The van der Waals surface area contributed by atoms with E-state index in [-0.39, 0.29) is 16.3 Å². The molecule has 2 rings (SSSR count). The van der Waals surface area contributed by atoms with Crippen molar-refractivity contribution in [2.45, 2.75) is 6.18 Å². The fraction of sp³-hybridized carbons (Fsp3) is 0.0714. The van der Waals surface area contributed by atoms with E-state index < -0.39 is 11.7 Å². The van der Waals surface area contributed by atoms with Crippen molar-refractivity contribution in [3.63, 3.8) is 0 Å². The van der Waals surface area contributed by atoms with Gasteiger partial charge in [0.1, 0.15) is 6.07 Å². The zero-order valence-corrected chi connectivity index (χ0v) is 12.6. The Morgan fingerprint density at radius 3 is 2.48 bits per heavy atom. The predicted octanol–water partition coefficient (Wildman–Crippen LogP) is 5.74. The number of anilines is 2. The van der Waals surface area contributed by atoms with Gasteiger partial charge in [-0.3, -0.25) is 0 Å². The first kappa shape index (κ1) is 15.7. The van der Waals surface area contributed by atoms with E-state index in [4.69, 9.17) is 16.9 Å². The van der Waals surface area contributed by atoms with Crippen molar-refractivity contribution < 1.29 is 13.2 Å². The van der Waals surface area contributed by atoms with Crippen LogP contribution in [-0.2, 0) is 6.18 Å². The number of hydrogen-bond acceptors (Lipinski definition) is 2. The van der Waals surface area contributed by atoms with Crippen molar-refractivity contribution in [3.8, 4) is 6.07 Å². The lowest BCUT2D eigenvalue weighted by molar-refractivity contribution is -0.137. The first-order valence-corrected chi connectivity index (χ1v) is 6.82. The maximum Gasteiger partial charge on any atom is 0.416 e. The van der Waals surface area contributed by atoms with Gasteiger partial charge in [0.2, 0.25) is 0 Å². The quantitative estimate of drug-likeness (QED) is 0.727. The van der Waals surface area contributed by atoms with Crippen LogP contribution in [0.1, 0.15) is 11.1 Å². The van der Waals surface area contributed by atoms with Crippen molar-refractivity contribution in [1.82, 2.24) is 0 Å². The fourth-order valence-corrected chi connectivity index (χ4v) is 2.25. The SMILES string of the molecule is N#Cc1c(Cl)cccc1Nc1cc(C(F)(F)F)ccc1Br. The molecule has 21 heavy (non-hydrogen) atoms. The summed E-state index contributed by atoms with van der Waals surface area (Å²) in [4.78, 5) is 0. The summed E-state index contributed by atoms with van der Waals surface area (Å²) >= 11 is 9.06. The monoisotopic (exact) mass is 374 g/mol. The minimum Gasteiger partial charge on any atom is -0.353 e. The summed E-state index contributed by atoms with van der Waals surface area (Å²) in [5.74, 6) is 0. The van der Waals surface area contributed by atoms with Gasteiger partial charge in [0.05, 0.1) is 27.5 Å². The molecule has 0 aliphatic rings. The van der Waals surface area contributed by atoms with Gasteiger partial charge in [-0.15, -0.1) is 0 Å². The lowest BCUT2D eigenvalue weighted by atomic mass is 10.1. The van der Waals surface area contributed by atoms with Gasteiger partial charge in [-0.05, 0) is 46.3 Å². The maximum absolute atomic E-state index is 12.7. The summed E-state index contributed by atoms with van der Waals surface area (Å²) in [5.41, 5.74) is -0.0779. The van der Waals surface area contributed by atoms with E-state index in [2.05, 4.69) is 21.2 Å². The maximum atomic E-state index is 12.7. The van der Waals surface area contributed by atoms with E-state index in [0.29, 0.717) is 10.2 Å². The third-order valence-corrected chi connectivity index (χ3v) is 3.69. The molecule has 2 aromatic carbocycles. The van der Waals surface area contributed by atoms with Gasteiger partial charge in [0.15, 0.2) is 0 Å². The lowest BCUT2D eigenvalue weighted by Crippen LogP contribution is -2.06. The summed E-state index contributed by atoms with van der Waals surface area (Å²) in [6.45, 7) is 0. The first-order valence-electron chi connectivity index (χ1n) is 5.65. The molecule has 0 bridgehead atoms. The van der Waals surface area contributed by atoms with Crippen molar-refractivity contribution in [2.75, 3.05) is 5.32 Å². The zero-order valence-electron chi connectivity index (χ0n) is 10.3. The molecule has 0 radical (unpaired) electrons. The van der Waals surface area contributed by atoms with E-state index in [0.717, 1.165) is 12.1 Å². The third-order valence-electron chi connectivity index (χ3n) is 2.69.